The maximum absolute atomic E-state index is 9.80. The normalized spacial score (nSPS) is 13.4. The van der Waals surface area contributed by atoms with E-state index in [1.165, 1.54) is 0 Å². The molecule has 0 radical (unpaired) electrons. The van der Waals surface area contributed by atoms with E-state index >= 15 is 0 Å². The zero-order chi connectivity index (χ0) is 13.1. The molecule has 0 bridgehead atoms. The van der Waals surface area contributed by atoms with Gasteiger partial charge in [0.15, 0.2) is 5.34 Å². The highest BCUT2D eigenvalue weighted by molar-refractivity contribution is 4.54. The first-order valence-electron chi connectivity index (χ1n) is 6.25. The average molecular weight is 247 g/mol. The van der Waals surface area contributed by atoms with E-state index in [0.29, 0.717) is 6.61 Å². The van der Waals surface area contributed by atoms with Gasteiger partial charge < -0.3 is 4.84 Å². The summed E-state index contributed by atoms with van der Waals surface area (Å²) in [7, 11) is 0. The van der Waals surface area contributed by atoms with Crippen molar-refractivity contribution in [1.82, 2.24) is 0 Å². The number of hydrogen-bond acceptors (Lipinski definition) is 5. The predicted molar refractivity (Wildman–Crippen MR) is 66.2 cm³/mol. The molecule has 0 heterocycles. The zero-order valence-electron chi connectivity index (χ0n) is 11.4. The summed E-state index contributed by atoms with van der Waals surface area (Å²) < 4.78 is 0. The molecule has 0 saturated carbocycles. The third-order valence-electron chi connectivity index (χ3n) is 2.12. The summed E-state index contributed by atoms with van der Waals surface area (Å²) >= 11 is 0. The molecule has 0 rings (SSSR count). The monoisotopic (exact) mass is 247 g/mol. The summed E-state index contributed by atoms with van der Waals surface area (Å²) in [5.41, 5.74) is -0.241. The third kappa shape index (κ3) is 13.3. The molecule has 0 aromatic rings. The maximum atomic E-state index is 9.80. The number of unbranched alkanes of at least 4 members (excludes halogenated alkanes) is 3. The number of hydrogen-bond donors (Lipinski definition) is 0. The average Bonchev–Trinajstić information content (AvgIpc) is 2.21. The largest absolute Gasteiger partial charge is 0.361 e. The maximum Gasteiger partial charge on any atom is 0.155 e. The molecule has 0 aliphatic heterocycles. The van der Waals surface area contributed by atoms with Gasteiger partial charge in [0.2, 0.25) is 0 Å². The summed E-state index contributed by atoms with van der Waals surface area (Å²) in [6, 6.07) is 0. The Morgan fingerprint density at radius 3 is 2.35 bits per heavy atom. The standard InChI is InChI=1S/C12H25NO4/c1-11(16-13-14)9-7-5-6-8-10-15-17-12(2,3)4/h11H,5-10H2,1-4H3. The van der Waals surface area contributed by atoms with Crippen LogP contribution in [0.2, 0.25) is 0 Å². The molecule has 0 aromatic heterocycles. The van der Waals surface area contributed by atoms with E-state index in [4.69, 9.17) is 9.78 Å². The van der Waals surface area contributed by atoms with Crippen molar-refractivity contribution in [3.8, 4) is 0 Å². The van der Waals surface area contributed by atoms with Gasteiger partial charge in [-0.3, -0.25) is 0 Å². The Kier molecular flexibility index (Phi) is 8.99. The summed E-state index contributed by atoms with van der Waals surface area (Å²) in [6.45, 7) is 8.33. The van der Waals surface area contributed by atoms with Crippen LogP contribution in [-0.4, -0.2) is 18.3 Å². The van der Waals surface area contributed by atoms with Crippen LogP contribution in [0.1, 0.15) is 59.8 Å². The van der Waals surface area contributed by atoms with Gasteiger partial charge in [0.25, 0.3) is 0 Å². The van der Waals surface area contributed by atoms with Crippen LogP contribution in [-0.2, 0) is 14.6 Å². The van der Waals surface area contributed by atoms with Crippen molar-refractivity contribution in [1.29, 1.82) is 0 Å². The minimum Gasteiger partial charge on any atom is -0.361 e. The lowest BCUT2D eigenvalue weighted by Gasteiger charge is -2.17. The minimum atomic E-state index is -0.241. The van der Waals surface area contributed by atoms with E-state index < -0.39 is 0 Å². The van der Waals surface area contributed by atoms with Crippen LogP contribution in [0.3, 0.4) is 0 Å². The lowest BCUT2D eigenvalue weighted by molar-refractivity contribution is -0.348. The molecular weight excluding hydrogens is 222 g/mol. The molecule has 0 aromatic carbocycles. The number of nitrogens with zero attached hydrogens (tertiary/aromatic N) is 1. The van der Waals surface area contributed by atoms with Crippen LogP contribution in [0.25, 0.3) is 0 Å². The first-order chi connectivity index (χ1) is 7.95. The molecule has 0 spiro atoms. The lowest BCUT2D eigenvalue weighted by Crippen LogP contribution is -2.19. The van der Waals surface area contributed by atoms with E-state index in [2.05, 4.69) is 10.2 Å². The summed E-state index contributed by atoms with van der Waals surface area (Å²) in [5, 5.41) is 2.41. The molecule has 5 heteroatoms. The molecule has 0 aliphatic carbocycles. The molecule has 5 nitrogen and oxygen atoms in total. The van der Waals surface area contributed by atoms with Gasteiger partial charge in [-0.25, -0.2) is 9.78 Å². The summed E-state index contributed by atoms with van der Waals surface area (Å²) in [4.78, 5) is 24.6. The van der Waals surface area contributed by atoms with Crippen molar-refractivity contribution in [3.05, 3.63) is 4.91 Å². The summed E-state index contributed by atoms with van der Waals surface area (Å²) in [6.07, 6.45) is 5.01. The Morgan fingerprint density at radius 1 is 1.12 bits per heavy atom. The lowest BCUT2D eigenvalue weighted by atomic mass is 10.1. The second kappa shape index (κ2) is 9.36. The smallest absolute Gasteiger partial charge is 0.155 e. The van der Waals surface area contributed by atoms with Crippen LogP contribution in [0.15, 0.2) is 5.34 Å². The first kappa shape index (κ1) is 16.3. The molecule has 0 amide bonds. The van der Waals surface area contributed by atoms with Crippen LogP contribution >= 0.6 is 0 Å². The molecule has 102 valence electrons. The van der Waals surface area contributed by atoms with Gasteiger partial charge in [-0.2, -0.15) is 0 Å². The van der Waals surface area contributed by atoms with E-state index in [1.807, 2.05) is 27.7 Å². The van der Waals surface area contributed by atoms with Gasteiger partial charge >= 0.3 is 0 Å². The van der Waals surface area contributed by atoms with E-state index in [0.717, 1.165) is 32.1 Å². The molecule has 17 heavy (non-hydrogen) atoms. The quantitative estimate of drug-likeness (QED) is 0.255. The molecule has 0 saturated heterocycles. The van der Waals surface area contributed by atoms with Crippen LogP contribution < -0.4 is 0 Å². The van der Waals surface area contributed by atoms with Gasteiger partial charge in [0.1, 0.15) is 6.10 Å². The van der Waals surface area contributed by atoms with Crippen molar-refractivity contribution < 1.29 is 14.6 Å². The second-order valence-corrected chi connectivity index (χ2v) is 5.21. The Hall–Kier alpha value is -0.680. The highest BCUT2D eigenvalue weighted by Crippen LogP contribution is 2.10. The van der Waals surface area contributed by atoms with Gasteiger partial charge in [0, 0.05) is 0 Å². The van der Waals surface area contributed by atoms with Gasteiger partial charge in [-0.05, 0) is 47.0 Å². The van der Waals surface area contributed by atoms with Crippen molar-refractivity contribution >= 4 is 0 Å². The van der Waals surface area contributed by atoms with Crippen LogP contribution in [0.5, 0.6) is 0 Å². The van der Waals surface area contributed by atoms with Gasteiger partial charge in [-0.15, -0.1) is 4.91 Å². The molecule has 1 unspecified atom stereocenters. The predicted octanol–water partition coefficient (Wildman–Crippen LogP) is 3.77. The Labute approximate surface area is 104 Å². The molecule has 0 N–H and O–H groups in total. The topological polar surface area (TPSA) is 57.1 Å². The fourth-order valence-corrected chi connectivity index (χ4v) is 1.29. The molecular formula is C12H25NO4. The van der Waals surface area contributed by atoms with Crippen molar-refractivity contribution in [2.45, 2.75) is 71.5 Å². The Morgan fingerprint density at radius 2 is 1.76 bits per heavy atom. The Balaban J connectivity index is 3.16. The van der Waals surface area contributed by atoms with Crippen molar-refractivity contribution in [2.24, 2.45) is 5.34 Å². The van der Waals surface area contributed by atoms with Gasteiger partial charge in [0.05, 0.1) is 12.2 Å². The van der Waals surface area contributed by atoms with Crippen LogP contribution in [0.4, 0.5) is 0 Å². The summed E-state index contributed by atoms with van der Waals surface area (Å²) in [5.74, 6) is 0. The van der Waals surface area contributed by atoms with Gasteiger partial charge in [-0.1, -0.05) is 12.8 Å². The fraction of sp³-hybridized carbons (Fsp3) is 1.00. The highest BCUT2D eigenvalue weighted by atomic mass is 17.2. The van der Waals surface area contributed by atoms with E-state index in [-0.39, 0.29) is 11.7 Å². The minimum absolute atomic E-state index is 0.0760. The Bertz CT molecular complexity index is 191. The fourth-order valence-electron chi connectivity index (χ4n) is 1.29. The highest BCUT2D eigenvalue weighted by Gasteiger charge is 2.10. The molecule has 1 atom stereocenters. The van der Waals surface area contributed by atoms with E-state index in [1.54, 1.807) is 0 Å². The van der Waals surface area contributed by atoms with Crippen molar-refractivity contribution in [2.75, 3.05) is 6.61 Å². The SMILES string of the molecule is CC(CCCCCCOOC(C)(C)C)ON=O. The van der Waals surface area contributed by atoms with Crippen molar-refractivity contribution in [3.63, 3.8) is 0 Å². The number of rotatable bonds is 10. The van der Waals surface area contributed by atoms with Crippen LogP contribution in [0, 0.1) is 4.91 Å². The third-order valence-corrected chi connectivity index (χ3v) is 2.12. The molecule has 0 aliphatic rings. The molecule has 0 fully saturated rings. The van der Waals surface area contributed by atoms with E-state index in [9.17, 15) is 4.91 Å². The zero-order valence-corrected chi connectivity index (χ0v) is 11.4. The second-order valence-electron chi connectivity index (χ2n) is 5.21. The first-order valence-corrected chi connectivity index (χ1v) is 6.25.